The summed E-state index contributed by atoms with van der Waals surface area (Å²) in [7, 11) is 0. The fraction of sp³-hybridized carbons (Fsp3) is 0.357. The van der Waals surface area contributed by atoms with Crippen LogP contribution in [0.1, 0.15) is 24.4 Å². The number of nitrogens with one attached hydrogen (secondary N) is 1. The normalized spacial score (nSPS) is 11.3. The van der Waals surface area contributed by atoms with Crippen LogP contribution in [-0.4, -0.2) is 19.8 Å². The van der Waals surface area contributed by atoms with Crippen molar-refractivity contribution < 1.29 is 0 Å². The predicted octanol–water partition coefficient (Wildman–Crippen LogP) is 3.00. The Morgan fingerprint density at radius 1 is 1.30 bits per heavy atom. The van der Waals surface area contributed by atoms with Gasteiger partial charge < -0.3 is 5.32 Å². The zero-order valence-corrected chi connectivity index (χ0v) is 12.4. The Bertz CT molecular complexity index is 700. The third-order valence-electron chi connectivity index (χ3n) is 2.99. The predicted molar refractivity (Wildman–Crippen MR) is 81.0 cm³/mol. The molecule has 3 aromatic rings. The minimum absolute atomic E-state index is 0.607. The highest BCUT2D eigenvalue weighted by Gasteiger charge is 2.07. The Labute approximate surface area is 121 Å². The second-order valence-corrected chi connectivity index (χ2v) is 6.21. The standard InChI is InChI=1S/C14H17N5S/c1-10(2)7-13-17-18-14(20-13)15-8-11-9-16-19-6-4-3-5-12(11)19/h3-6,9-10H,7-8H2,1-2H3,(H,15,18). The SMILES string of the molecule is CC(C)Cc1nnc(NCc2cnn3ccccc23)s1. The molecule has 0 amide bonds. The van der Waals surface area contributed by atoms with E-state index >= 15 is 0 Å². The summed E-state index contributed by atoms with van der Waals surface area (Å²) in [5.74, 6) is 0.607. The monoisotopic (exact) mass is 287 g/mol. The topological polar surface area (TPSA) is 55.1 Å². The van der Waals surface area contributed by atoms with Gasteiger partial charge in [0, 0.05) is 24.7 Å². The van der Waals surface area contributed by atoms with Gasteiger partial charge in [0.05, 0.1) is 11.7 Å². The molecule has 1 N–H and O–H groups in total. The zero-order chi connectivity index (χ0) is 13.9. The summed E-state index contributed by atoms with van der Waals surface area (Å²) in [6.07, 6.45) is 4.82. The van der Waals surface area contributed by atoms with Gasteiger partial charge in [0.1, 0.15) is 5.01 Å². The van der Waals surface area contributed by atoms with Crippen LogP contribution in [0.3, 0.4) is 0 Å². The average Bonchev–Trinajstić information content (AvgIpc) is 3.02. The fourth-order valence-corrected chi connectivity index (χ4v) is 3.00. The van der Waals surface area contributed by atoms with Crippen LogP contribution in [0.25, 0.3) is 5.52 Å². The van der Waals surface area contributed by atoms with Crippen molar-refractivity contribution in [3.05, 3.63) is 41.2 Å². The van der Waals surface area contributed by atoms with Gasteiger partial charge in [-0.05, 0) is 18.1 Å². The van der Waals surface area contributed by atoms with E-state index in [-0.39, 0.29) is 0 Å². The molecule has 0 saturated carbocycles. The molecule has 5 nitrogen and oxygen atoms in total. The molecule has 0 atom stereocenters. The highest BCUT2D eigenvalue weighted by molar-refractivity contribution is 7.15. The third-order valence-corrected chi connectivity index (χ3v) is 3.89. The molecule has 0 aromatic carbocycles. The first-order valence-corrected chi connectivity index (χ1v) is 7.51. The van der Waals surface area contributed by atoms with Gasteiger partial charge in [0.15, 0.2) is 0 Å². The van der Waals surface area contributed by atoms with E-state index in [2.05, 4.69) is 40.5 Å². The Kier molecular flexibility index (Phi) is 3.64. The first kappa shape index (κ1) is 13.1. The molecule has 3 aromatic heterocycles. The first-order valence-electron chi connectivity index (χ1n) is 6.70. The molecule has 3 heterocycles. The largest absolute Gasteiger partial charge is 0.356 e. The molecule has 20 heavy (non-hydrogen) atoms. The number of aromatic nitrogens is 4. The highest BCUT2D eigenvalue weighted by Crippen LogP contribution is 2.19. The number of hydrogen-bond acceptors (Lipinski definition) is 5. The van der Waals surface area contributed by atoms with E-state index in [0.717, 1.165) is 27.6 Å². The van der Waals surface area contributed by atoms with E-state index in [1.165, 1.54) is 0 Å². The smallest absolute Gasteiger partial charge is 0.205 e. The molecular formula is C14H17N5S. The van der Waals surface area contributed by atoms with Crippen LogP contribution in [0.15, 0.2) is 30.6 Å². The molecule has 0 aliphatic carbocycles. The molecule has 6 heteroatoms. The van der Waals surface area contributed by atoms with E-state index in [1.807, 2.05) is 29.0 Å². The number of pyridine rings is 1. The van der Waals surface area contributed by atoms with Crippen molar-refractivity contribution in [1.82, 2.24) is 19.8 Å². The van der Waals surface area contributed by atoms with Crippen molar-refractivity contribution in [3.8, 4) is 0 Å². The summed E-state index contributed by atoms with van der Waals surface area (Å²) in [5, 5.41) is 18.0. The molecule has 0 bridgehead atoms. The van der Waals surface area contributed by atoms with Crippen LogP contribution in [0.4, 0.5) is 5.13 Å². The fourth-order valence-electron chi connectivity index (χ4n) is 2.05. The maximum Gasteiger partial charge on any atom is 0.205 e. The van der Waals surface area contributed by atoms with Gasteiger partial charge in [0.2, 0.25) is 5.13 Å². The van der Waals surface area contributed by atoms with Gasteiger partial charge in [-0.25, -0.2) is 4.52 Å². The maximum atomic E-state index is 4.32. The molecule has 0 saturated heterocycles. The van der Waals surface area contributed by atoms with E-state index in [1.54, 1.807) is 11.3 Å². The maximum absolute atomic E-state index is 4.32. The Hall–Kier alpha value is -1.95. The van der Waals surface area contributed by atoms with Crippen molar-refractivity contribution in [1.29, 1.82) is 0 Å². The van der Waals surface area contributed by atoms with E-state index in [9.17, 15) is 0 Å². The number of hydrogen-bond donors (Lipinski definition) is 1. The van der Waals surface area contributed by atoms with Crippen molar-refractivity contribution in [2.24, 2.45) is 5.92 Å². The molecular weight excluding hydrogens is 270 g/mol. The number of nitrogens with zero attached hydrogens (tertiary/aromatic N) is 4. The van der Waals surface area contributed by atoms with Gasteiger partial charge in [0.25, 0.3) is 0 Å². The quantitative estimate of drug-likeness (QED) is 0.784. The van der Waals surface area contributed by atoms with Gasteiger partial charge in [-0.2, -0.15) is 5.10 Å². The Balaban J connectivity index is 1.68. The van der Waals surface area contributed by atoms with Crippen LogP contribution >= 0.6 is 11.3 Å². The van der Waals surface area contributed by atoms with Crippen molar-refractivity contribution >= 4 is 22.0 Å². The van der Waals surface area contributed by atoms with Crippen LogP contribution < -0.4 is 5.32 Å². The molecule has 0 aliphatic heterocycles. The Morgan fingerprint density at radius 2 is 2.20 bits per heavy atom. The van der Waals surface area contributed by atoms with E-state index in [0.29, 0.717) is 12.5 Å². The minimum Gasteiger partial charge on any atom is -0.356 e. The molecule has 0 radical (unpaired) electrons. The summed E-state index contributed by atoms with van der Waals surface area (Å²) in [4.78, 5) is 0. The van der Waals surface area contributed by atoms with Gasteiger partial charge in [-0.1, -0.05) is 31.3 Å². The first-order chi connectivity index (χ1) is 9.72. The summed E-state index contributed by atoms with van der Waals surface area (Å²) in [6, 6.07) is 6.06. The minimum atomic E-state index is 0.607. The molecule has 3 rings (SSSR count). The van der Waals surface area contributed by atoms with E-state index < -0.39 is 0 Å². The van der Waals surface area contributed by atoms with Crippen molar-refractivity contribution in [3.63, 3.8) is 0 Å². The van der Waals surface area contributed by atoms with Gasteiger partial charge in [-0.15, -0.1) is 10.2 Å². The number of fused-ring (bicyclic) bond motifs is 1. The van der Waals surface area contributed by atoms with Gasteiger partial charge >= 0.3 is 0 Å². The summed E-state index contributed by atoms with van der Waals surface area (Å²) >= 11 is 1.63. The summed E-state index contributed by atoms with van der Waals surface area (Å²) in [5.41, 5.74) is 2.28. The zero-order valence-electron chi connectivity index (χ0n) is 11.6. The highest BCUT2D eigenvalue weighted by atomic mass is 32.1. The molecule has 0 aliphatic rings. The van der Waals surface area contributed by atoms with Gasteiger partial charge in [-0.3, -0.25) is 0 Å². The molecule has 0 spiro atoms. The van der Waals surface area contributed by atoms with Crippen LogP contribution in [0.2, 0.25) is 0 Å². The van der Waals surface area contributed by atoms with Crippen LogP contribution in [-0.2, 0) is 13.0 Å². The Morgan fingerprint density at radius 3 is 3.05 bits per heavy atom. The lowest BCUT2D eigenvalue weighted by atomic mass is 10.1. The van der Waals surface area contributed by atoms with Crippen molar-refractivity contribution in [2.75, 3.05) is 5.32 Å². The van der Waals surface area contributed by atoms with Crippen LogP contribution in [0, 0.1) is 5.92 Å². The summed E-state index contributed by atoms with van der Waals surface area (Å²) < 4.78 is 1.88. The lowest BCUT2D eigenvalue weighted by Crippen LogP contribution is -1.98. The van der Waals surface area contributed by atoms with Crippen LogP contribution in [0.5, 0.6) is 0 Å². The number of rotatable bonds is 5. The van der Waals surface area contributed by atoms with E-state index in [4.69, 9.17) is 0 Å². The summed E-state index contributed by atoms with van der Waals surface area (Å²) in [6.45, 7) is 5.09. The molecule has 0 unspecified atom stereocenters. The lowest BCUT2D eigenvalue weighted by molar-refractivity contribution is 0.640. The second kappa shape index (κ2) is 5.58. The van der Waals surface area contributed by atoms with Crippen molar-refractivity contribution in [2.45, 2.75) is 26.8 Å². The lowest BCUT2D eigenvalue weighted by Gasteiger charge is -2.00. The molecule has 0 fully saturated rings. The third kappa shape index (κ3) is 2.80. The average molecular weight is 287 g/mol. The molecule has 104 valence electrons. The second-order valence-electron chi connectivity index (χ2n) is 5.15. The number of anilines is 1.